The molecule has 1 aromatic rings. The topological polar surface area (TPSA) is 128 Å². The molecule has 1 aromatic heterocycles. The van der Waals surface area contributed by atoms with E-state index < -0.39 is 23.2 Å². The van der Waals surface area contributed by atoms with E-state index >= 15 is 0 Å². The Labute approximate surface area is 100 Å². The van der Waals surface area contributed by atoms with E-state index in [1.54, 1.807) is 0 Å². The lowest BCUT2D eigenvalue weighted by Crippen LogP contribution is -2.22. The third-order valence-electron chi connectivity index (χ3n) is 2.22. The van der Waals surface area contributed by atoms with Gasteiger partial charge in [-0.15, -0.1) is 0 Å². The second-order valence-corrected chi connectivity index (χ2v) is 3.44. The number of aliphatic hydroxyl groups is 2. The predicted octanol–water partition coefficient (Wildman–Crippen LogP) is -0.406. The van der Waals surface area contributed by atoms with Crippen molar-refractivity contribution < 1.29 is 19.7 Å². The Hall–Kier alpha value is -2.77. The number of hydrogen-bond donors (Lipinski definition) is 3. The highest BCUT2D eigenvalue weighted by Crippen LogP contribution is 2.21. The van der Waals surface area contributed by atoms with Crippen molar-refractivity contribution >= 4 is 11.8 Å². The number of anilines is 1. The number of nitrogens with zero attached hydrogens (tertiary/aromatic N) is 2. The lowest BCUT2D eigenvalue weighted by molar-refractivity contribution is -0.135. The first kappa shape index (κ1) is 11.7. The SMILES string of the molecule is Nc1ccn(C/C=C2\OC(=O)C(O)=C2O)c(=O)n1. The maximum Gasteiger partial charge on any atom is 0.383 e. The summed E-state index contributed by atoms with van der Waals surface area (Å²) in [6.45, 7) is 0.00602. The summed E-state index contributed by atoms with van der Waals surface area (Å²) in [5.74, 6) is -2.67. The first-order valence-electron chi connectivity index (χ1n) is 4.87. The van der Waals surface area contributed by atoms with Crippen LogP contribution < -0.4 is 11.4 Å². The molecule has 8 nitrogen and oxygen atoms in total. The normalized spacial score (nSPS) is 17.3. The van der Waals surface area contributed by atoms with Crippen LogP contribution in [0, 0.1) is 0 Å². The van der Waals surface area contributed by atoms with Gasteiger partial charge < -0.3 is 20.7 Å². The number of carbonyl (C=O) groups excluding carboxylic acids is 1. The summed E-state index contributed by atoms with van der Waals surface area (Å²) in [6.07, 6.45) is 2.66. The molecule has 0 amide bonds. The van der Waals surface area contributed by atoms with Crippen LogP contribution in [-0.2, 0) is 16.1 Å². The summed E-state index contributed by atoms with van der Waals surface area (Å²) >= 11 is 0. The van der Waals surface area contributed by atoms with Crippen LogP contribution in [0.5, 0.6) is 0 Å². The average Bonchev–Trinajstić information content (AvgIpc) is 2.56. The van der Waals surface area contributed by atoms with Crippen molar-refractivity contribution in [3.05, 3.63) is 46.1 Å². The number of esters is 1. The van der Waals surface area contributed by atoms with Gasteiger partial charge in [0.1, 0.15) is 5.82 Å². The number of aliphatic hydroxyl groups excluding tert-OH is 2. The van der Waals surface area contributed by atoms with Crippen molar-refractivity contribution in [3.8, 4) is 0 Å². The van der Waals surface area contributed by atoms with E-state index in [9.17, 15) is 14.7 Å². The zero-order chi connectivity index (χ0) is 13.3. The van der Waals surface area contributed by atoms with Crippen molar-refractivity contribution in [2.75, 3.05) is 5.73 Å². The molecule has 0 bridgehead atoms. The Balaban J connectivity index is 2.22. The number of hydrogen-bond acceptors (Lipinski definition) is 7. The smallest absolute Gasteiger partial charge is 0.383 e. The molecule has 94 valence electrons. The van der Waals surface area contributed by atoms with Gasteiger partial charge in [0, 0.05) is 12.7 Å². The van der Waals surface area contributed by atoms with E-state index in [1.165, 1.54) is 22.9 Å². The van der Waals surface area contributed by atoms with Crippen molar-refractivity contribution in [1.82, 2.24) is 9.55 Å². The lowest BCUT2D eigenvalue weighted by atomic mass is 10.3. The summed E-state index contributed by atoms with van der Waals surface area (Å²) in [4.78, 5) is 25.7. The first-order valence-corrected chi connectivity index (χ1v) is 4.87. The number of rotatable bonds is 2. The molecular weight excluding hydrogens is 242 g/mol. The third kappa shape index (κ3) is 2.03. The minimum absolute atomic E-state index is 0.00602. The van der Waals surface area contributed by atoms with E-state index in [0.717, 1.165) is 0 Å². The second kappa shape index (κ2) is 4.24. The number of carbonyl (C=O) groups is 1. The first-order chi connectivity index (χ1) is 8.49. The number of allylic oxidation sites excluding steroid dienone is 1. The zero-order valence-electron chi connectivity index (χ0n) is 9.03. The van der Waals surface area contributed by atoms with Gasteiger partial charge in [-0.3, -0.25) is 4.57 Å². The number of cyclic esters (lactones) is 1. The van der Waals surface area contributed by atoms with E-state index in [0.29, 0.717) is 0 Å². The molecule has 1 aliphatic heterocycles. The summed E-state index contributed by atoms with van der Waals surface area (Å²) < 4.78 is 5.74. The Morgan fingerprint density at radius 1 is 1.39 bits per heavy atom. The third-order valence-corrected chi connectivity index (χ3v) is 2.22. The fourth-order valence-corrected chi connectivity index (χ4v) is 1.31. The molecule has 0 unspecified atom stereocenters. The van der Waals surface area contributed by atoms with Crippen LogP contribution in [0.15, 0.2) is 40.4 Å². The van der Waals surface area contributed by atoms with E-state index in [2.05, 4.69) is 9.72 Å². The van der Waals surface area contributed by atoms with Gasteiger partial charge in [0.2, 0.25) is 11.5 Å². The maximum atomic E-state index is 11.4. The predicted molar refractivity (Wildman–Crippen MR) is 59.4 cm³/mol. The number of ether oxygens (including phenoxy) is 1. The van der Waals surface area contributed by atoms with E-state index in [4.69, 9.17) is 10.8 Å². The van der Waals surface area contributed by atoms with Crippen LogP contribution in [0.4, 0.5) is 5.82 Å². The fraction of sp³-hybridized carbons (Fsp3) is 0.100. The Morgan fingerprint density at radius 2 is 2.11 bits per heavy atom. The zero-order valence-corrected chi connectivity index (χ0v) is 9.03. The lowest BCUT2D eigenvalue weighted by Gasteiger charge is -2.02. The highest BCUT2D eigenvalue weighted by Gasteiger charge is 2.29. The van der Waals surface area contributed by atoms with E-state index in [-0.39, 0.29) is 18.1 Å². The summed E-state index contributed by atoms with van der Waals surface area (Å²) in [6, 6.07) is 1.42. The summed E-state index contributed by atoms with van der Waals surface area (Å²) in [5.41, 5.74) is 4.73. The molecule has 8 heteroatoms. The standard InChI is InChI=1S/C10H9N3O5/c11-6-2-4-13(10(17)12-6)3-1-5-7(14)8(15)9(16)18-5/h1-2,4,14-15H,3H2,(H2,11,12,17)/b5-1-. The van der Waals surface area contributed by atoms with Gasteiger partial charge in [-0.1, -0.05) is 0 Å². The van der Waals surface area contributed by atoms with Crippen molar-refractivity contribution in [3.63, 3.8) is 0 Å². The summed E-state index contributed by atoms with van der Waals surface area (Å²) in [5, 5.41) is 18.4. The van der Waals surface area contributed by atoms with Crippen molar-refractivity contribution in [2.45, 2.75) is 6.54 Å². The van der Waals surface area contributed by atoms with E-state index in [1.807, 2.05) is 0 Å². The minimum atomic E-state index is -1.04. The molecule has 4 N–H and O–H groups in total. The van der Waals surface area contributed by atoms with Crippen LogP contribution in [0.2, 0.25) is 0 Å². The Kier molecular flexibility index (Phi) is 2.76. The minimum Gasteiger partial charge on any atom is -0.502 e. The van der Waals surface area contributed by atoms with Crippen LogP contribution in [0.3, 0.4) is 0 Å². The quantitative estimate of drug-likeness (QED) is 0.609. The molecule has 0 aliphatic carbocycles. The van der Waals surface area contributed by atoms with Gasteiger partial charge in [-0.2, -0.15) is 4.98 Å². The Morgan fingerprint density at radius 3 is 2.67 bits per heavy atom. The number of nitrogen functional groups attached to an aromatic ring is 1. The molecule has 0 saturated carbocycles. The molecular formula is C10H9N3O5. The molecule has 0 atom stereocenters. The average molecular weight is 251 g/mol. The maximum absolute atomic E-state index is 11.4. The second-order valence-electron chi connectivity index (χ2n) is 3.44. The molecule has 0 aromatic carbocycles. The largest absolute Gasteiger partial charge is 0.502 e. The highest BCUT2D eigenvalue weighted by molar-refractivity contribution is 5.91. The van der Waals surface area contributed by atoms with Crippen molar-refractivity contribution in [2.24, 2.45) is 0 Å². The van der Waals surface area contributed by atoms with Gasteiger partial charge >= 0.3 is 11.7 Å². The number of aromatic nitrogens is 2. The van der Waals surface area contributed by atoms with Crippen molar-refractivity contribution in [1.29, 1.82) is 0 Å². The molecule has 0 radical (unpaired) electrons. The number of nitrogens with two attached hydrogens (primary N) is 1. The van der Waals surface area contributed by atoms with Crippen LogP contribution in [0.25, 0.3) is 0 Å². The molecule has 0 saturated heterocycles. The fourth-order valence-electron chi connectivity index (χ4n) is 1.31. The molecule has 2 heterocycles. The van der Waals surface area contributed by atoms with Gasteiger partial charge in [-0.25, -0.2) is 9.59 Å². The van der Waals surface area contributed by atoms with Crippen LogP contribution in [-0.4, -0.2) is 25.7 Å². The Bertz CT molecular complexity index is 629. The highest BCUT2D eigenvalue weighted by atomic mass is 16.6. The molecule has 0 spiro atoms. The molecule has 2 rings (SSSR count). The molecule has 0 fully saturated rings. The van der Waals surface area contributed by atoms with Gasteiger partial charge in [0.15, 0.2) is 5.76 Å². The van der Waals surface area contributed by atoms with Gasteiger partial charge in [0.05, 0.1) is 0 Å². The molecule has 18 heavy (non-hydrogen) atoms. The van der Waals surface area contributed by atoms with Gasteiger partial charge in [-0.05, 0) is 12.1 Å². The summed E-state index contributed by atoms with van der Waals surface area (Å²) in [7, 11) is 0. The monoisotopic (exact) mass is 251 g/mol. The van der Waals surface area contributed by atoms with Gasteiger partial charge in [0.25, 0.3) is 0 Å². The van der Waals surface area contributed by atoms with Crippen LogP contribution >= 0.6 is 0 Å². The van der Waals surface area contributed by atoms with Crippen LogP contribution in [0.1, 0.15) is 0 Å². The molecule has 1 aliphatic rings.